The smallest absolute Gasteiger partial charge is 0.175 e. The fourth-order valence-corrected chi connectivity index (χ4v) is 1.45. The minimum Gasteiger partial charge on any atom is -0.395 e. The summed E-state index contributed by atoms with van der Waals surface area (Å²) in [5.74, 6) is 1.41. The maximum atomic E-state index is 8.83. The van der Waals surface area contributed by atoms with Crippen LogP contribution in [0.2, 0.25) is 0 Å². The van der Waals surface area contributed by atoms with Gasteiger partial charge in [-0.05, 0) is 25.1 Å². The molecule has 0 aliphatic rings. The van der Waals surface area contributed by atoms with E-state index in [1.54, 1.807) is 4.68 Å². The average Bonchev–Trinajstić information content (AvgIpc) is 2.76. The molecule has 2 heterocycles. The molecule has 0 unspecified atom stereocenters. The van der Waals surface area contributed by atoms with Crippen molar-refractivity contribution in [3.05, 3.63) is 30.1 Å². The first-order valence-corrected chi connectivity index (χ1v) is 5.39. The molecule has 2 aromatic heterocycles. The van der Waals surface area contributed by atoms with E-state index < -0.39 is 0 Å². The topological polar surface area (TPSA) is 67.1 Å². The highest BCUT2D eigenvalue weighted by Crippen LogP contribution is 2.09. The number of aromatic nitrogens is 4. The normalized spacial score (nSPS) is 10.5. The van der Waals surface area contributed by atoms with Crippen molar-refractivity contribution >= 4 is 5.82 Å². The zero-order chi connectivity index (χ0) is 12.3. The Bertz CT molecular complexity index is 479. The standard InChI is InChI=1S/C11H15N5O/c1-9-5-6-16(14-9)11-4-3-10(12-13-11)15(2)7-8-17/h3-6,17H,7-8H2,1-2H3. The van der Waals surface area contributed by atoms with Crippen molar-refractivity contribution in [3.8, 4) is 5.82 Å². The summed E-state index contributed by atoms with van der Waals surface area (Å²) in [5, 5.41) is 21.3. The van der Waals surface area contributed by atoms with Crippen LogP contribution in [0, 0.1) is 6.92 Å². The summed E-state index contributed by atoms with van der Waals surface area (Å²) in [6.45, 7) is 2.56. The highest BCUT2D eigenvalue weighted by Gasteiger charge is 2.04. The van der Waals surface area contributed by atoms with Gasteiger partial charge in [0.15, 0.2) is 11.6 Å². The Kier molecular flexibility index (Phi) is 3.34. The van der Waals surface area contributed by atoms with Crippen LogP contribution < -0.4 is 4.90 Å². The number of aliphatic hydroxyl groups is 1. The third kappa shape index (κ3) is 2.59. The fraction of sp³-hybridized carbons (Fsp3) is 0.364. The van der Waals surface area contributed by atoms with Gasteiger partial charge >= 0.3 is 0 Å². The van der Waals surface area contributed by atoms with Gasteiger partial charge in [-0.3, -0.25) is 0 Å². The average molecular weight is 233 g/mol. The molecule has 0 bridgehead atoms. The summed E-state index contributed by atoms with van der Waals surface area (Å²) in [5.41, 5.74) is 0.938. The summed E-state index contributed by atoms with van der Waals surface area (Å²) in [4.78, 5) is 1.84. The van der Waals surface area contributed by atoms with E-state index in [2.05, 4.69) is 15.3 Å². The van der Waals surface area contributed by atoms with Crippen LogP contribution in [-0.4, -0.2) is 45.3 Å². The van der Waals surface area contributed by atoms with E-state index >= 15 is 0 Å². The van der Waals surface area contributed by atoms with Crippen LogP contribution >= 0.6 is 0 Å². The van der Waals surface area contributed by atoms with Crippen molar-refractivity contribution in [2.45, 2.75) is 6.92 Å². The van der Waals surface area contributed by atoms with Crippen LogP contribution in [0.15, 0.2) is 24.4 Å². The van der Waals surface area contributed by atoms with Gasteiger partial charge in [0.1, 0.15) is 0 Å². The lowest BCUT2D eigenvalue weighted by atomic mass is 10.4. The van der Waals surface area contributed by atoms with Crippen molar-refractivity contribution in [1.29, 1.82) is 0 Å². The van der Waals surface area contributed by atoms with Gasteiger partial charge in [0.2, 0.25) is 0 Å². The third-order valence-electron chi connectivity index (χ3n) is 2.42. The predicted octanol–water partition coefficient (Wildman–Crippen LogP) is 0.399. The molecule has 0 spiro atoms. The van der Waals surface area contributed by atoms with Crippen molar-refractivity contribution in [2.75, 3.05) is 25.1 Å². The second kappa shape index (κ2) is 4.92. The van der Waals surface area contributed by atoms with Gasteiger partial charge in [0.05, 0.1) is 12.3 Å². The molecule has 1 N–H and O–H groups in total. The molecule has 17 heavy (non-hydrogen) atoms. The van der Waals surface area contributed by atoms with Crippen LogP contribution in [0.25, 0.3) is 5.82 Å². The Morgan fingerprint density at radius 1 is 1.29 bits per heavy atom. The van der Waals surface area contributed by atoms with Gasteiger partial charge in [-0.15, -0.1) is 10.2 Å². The molecule has 0 saturated carbocycles. The molecular weight excluding hydrogens is 218 g/mol. The minimum absolute atomic E-state index is 0.0955. The number of hydrogen-bond donors (Lipinski definition) is 1. The van der Waals surface area contributed by atoms with Crippen LogP contribution in [-0.2, 0) is 0 Å². The molecule has 0 atom stereocenters. The predicted molar refractivity (Wildman–Crippen MR) is 64.2 cm³/mol. The molecule has 6 nitrogen and oxygen atoms in total. The number of hydrogen-bond acceptors (Lipinski definition) is 5. The lowest BCUT2D eigenvalue weighted by Crippen LogP contribution is -2.22. The molecule has 0 aromatic carbocycles. The molecular formula is C11H15N5O. The quantitative estimate of drug-likeness (QED) is 0.828. The molecule has 0 amide bonds. The summed E-state index contributed by atoms with van der Waals surface area (Å²) in [6, 6.07) is 5.62. The molecule has 90 valence electrons. The maximum Gasteiger partial charge on any atom is 0.175 e. The van der Waals surface area contributed by atoms with Gasteiger partial charge in [0.25, 0.3) is 0 Å². The summed E-state index contributed by atoms with van der Waals surface area (Å²) in [7, 11) is 1.86. The molecule has 6 heteroatoms. The van der Waals surface area contributed by atoms with Gasteiger partial charge < -0.3 is 10.0 Å². The Morgan fingerprint density at radius 2 is 2.12 bits per heavy atom. The lowest BCUT2D eigenvalue weighted by Gasteiger charge is -2.15. The molecule has 2 rings (SSSR count). The zero-order valence-corrected chi connectivity index (χ0v) is 9.91. The van der Waals surface area contributed by atoms with Crippen molar-refractivity contribution in [2.24, 2.45) is 0 Å². The number of aryl methyl sites for hydroxylation is 1. The molecule has 0 aliphatic heterocycles. The van der Waals surface area contributed by atoms with Gasteiger partial charge in [0, 0.05) is 19.8 Å². The van der Waals surface area contributed by atoms with E-state index in [1.807, 2.05) is 43.3 Å². The molecule has 0 saturated heterocycles. The van der Waals surface area contributed by atoms with Crippen LogP contribution in [0.3, 0.4) is 0 Å². The maximum absolute atomic E-state index is 8.83. The van der Waals surface area contributed by atoms with E-state index in [-0.39, 0.29) is 6.61 Å². The van der Waals surface area contributed by atoms with Crippen molar-refractivity contribution in [1.82, 2.24) is 20.0 Å². The Morgan fingerprint density at radius 3 is 2.65 bits per heavy atom. The first kappa shape index (κ1) is 11.5. The Labute approximate surface area is 99.5 Å². The number of rotatable bonds is 4. The van der Waals surface area contributed by atoms with E-state index in [1.165, 1.54) is 0 Å². The van der Waals surface area contributed by atoms with Gasteiger partial charge in [-0.2, -0.15) is 5.10 Å². The Balaban J connectivity index is 2.18. The summed E-state index contributed by atoms with van der Waals surface area (Å²) in [6.07, 6.45) is 1.84. The zero-order valence-electron chi connectivity index (χ0n) is 9.91. The summed E-state index contributed by atoms with van der Waals surface area (Å²) < 4.78 is 1.68. The van der Waals surface area contributed by atoms with Crippen LogP contribution in [0.4, 0.5) is 5.82 Å². The first-order chi connectivity index (χ1) is 8.20. The first-order valence-electron chi connectivity index (χ1n) is 5.39. The molecule has 2 aromatic rings. The van der Waals surface area contributed by atoms with Crippen LogP contribution in [0.5, 0.6) is 0 Å². The van der Waals surface area contributed by atoms with E-state index in [0.29, 0.717) is 12.4 Å². The second-order valence-electron chi connectivity index (χ2n) is 3.80. The monoisotopic (exact) mass is 233 g/mol. The second-order valence-corrected chi connectivity index (χ2v) is 3.80. The van der Waals surface area contributed by atoms with E-state index in [4.69, 9.17) is 5.11 Å². The van der Waals surface area contributed by atoms with E-state index in [0.717, 1.165) is 11.5 Å². The minimum atomic E-state index is 0.0955. The van der Waals surface area contributed by atoms with Crippen molar-refractivity contribution < 1.29 is 5.11 Å². The molecule has 0 radical (unpaired) electrons. The van der Waals surface area contributed by atoms with Crippen molar-refractivity contribution in [3.63, 3.8) is 0 Å². The van der Waals surface area contributed by atoms with Gasteiger partial charge in [-0.25, -0.2) is 4.68 Å². The van der Waals surface area contributed by atoms with E-state index in [9.17, 15) is 0 Å². The van der Waals surface area contributed by atoms with Gasteiger partial charge in [-0.1, -0.05) is 0 Å². The molecule has 0 aliphatic carbocycles. The fourth-order valence-electron chi connectivity index (χ4n) is 1.45. The molecule has 0 fully saturated rings. The van der Waals surface area contributed by atoms with Crippen LogP contribution in [0.1, 0.15) is 5.69 Å². The SMILES string of the molecule is Cc1ccn(-c2ccc(N(C)CCO)nn2)n1. The number of nitrogens with zero attached hydrogens (tertiary/aromatic N) is 5. The highest BCUT2D eigenvalue weighted by atomic mass is 16.3. The number of anilines is 1. The summed E-state index contributed by atoms with van der Waals surface area (Å²) >= 11 is 0. The largest absolute Gasteiger partial charge is 0.395 e. The Hall–Kier alpha value is -1.95. The lowest BCUT2D eigenvalue weighted by molar-refractivity contribution is 0.303. The number of aliphatic hydroxyl groups excluding tert-OH is 1. The number of likely N-dealkylation sites (N-methyl/N-ethyl adjacent to an activating group) is 1. The third-order valence-corrected chi connectivity index (χ3v) is 2.42. The highest BCUT2D eigenvalue weighted by molar-refractivity contribution is 5.38.